The van der Waals surface area contributed by atoms with Gasteiger partial charge in [0.05, 0.1) is 16.1 Å². The minimum absolute atomic E-state index is 0.0497. The molecule has 0 unspecified atom stereocenters. The van der Waals surface area contributed by atoms with Gasteiger partial charge in [0.15, 0.2) is 0 Å². The van der Waals surface area contributed by atoms with E-state index in [4.69, 9.17) is 0 Å². The Morgan fingerprint density at radius 2 is 1.94 bits per heavy atom. The first kappa shape index (κ1) is 24.7. The highest BCUT2D eigenvalue weighted by atomic mass is 32.2. The predicted octanol–water partition coefficient (Wildman–Crippen LogP) is 5.37. The molecule has 0 radical (unpaired) electrons. The second-order valence-electron chi connectivity index (χ2n) is 9.19. The van der Waals surface area contributed by atoms with Crippen molar-refractivity contribution >= 4 is 34.6 Å². The molecular formula is C26H27F3N4O2S. The largest absolute Gasteiger partial charge is 0.573 e. The summed E-state index contributed by atoms with van der Waals surface area (Å²) in [6, 6.07) is 12.0. The van der Waals surface area contributed by atoms with E-state index in [1.807, 2.05) is 24.3 Å². The number of piperidine rings is 1. The highest BCUT2D eigenvalue weighted by Crippen LogP contribution is 2.39. The van der Waals surface area contributed by atoms with Crippen LogP contribution in [0.5, 0.6) is 5.75 Å². The lowest BCUT2D eigenvalue weighted by molar-refractivity contribution is -0.274. The molecule has 1 aromatic heterocycles. The number of hydrogen-bond acceptors (Lipinski definition) is 5. The Hall–Kier alpha value is -2.98. The lowest BCUT2D eigenvalue weighted by atomic mass is 9.96. The molecule has 0 spiro atoms. The number of thioether (sulfide) groups is 1. The number of benzene rings is 2. The van der Waals surface area contributed by atoms with E-state index in [9.17, 15) is 18.0 Å². The van der Waals surface area contributed by atoms with Crippen LogP contribution in [0.25, 0.3) is 17.0 Å². The van der Waals surface area contributed by atoms with E-state index in [1.165, 1.54) is 23.9 Å². The van der Waals surface area contributed by atoms with Gasteiger partial charge in [-0.1, -0.05) is 30.0 Å². The first-order valence-electron chi connectivity index (χ1n) is 12.1. The summed E-state index contributed by atoms with van der Waals surface area (Å²) in [5.41, 5.74) is 2.78. The lowest BCUT2D eigenvalue weighted by Gasteiger charge is -2.32. The number of likely N-dealkylation sites (tertiary alicyclic amines) is 1. The van der Waals surface area contributed by atoms with Crippen LogP contribution in [0.1, 0.15) is 30.5 Å². The molecule has 10 heteroatoms. The Bertz CT molecular complexity index is 1250. The van der Waals surface area contributed by atoms with E-state index in [0.717, 1.165) is 72.4 Å². The van der Waals surface area contributed by atoms with Gasteiger partial charge in [0.25, 0.3) is 5.91 Å². The van der Waals surface area contributed by atoms with Crippen molar-refractivity contribution in [2.75, 3.05) is 26.2 Å². The highest BCUT2D eigenvalue weighted by molar-refractivity contribution is 8.04. The monoisotopic (exact) mass is 516 g/mol. The molecule has 0 bridgehead atoms. The summed E-state index contributed by atoms with van der Waals surface area (Å²) in [7, 11) is 0. The number of nitrogens with one attached hydrogen (secondary N) is 2. The molecule has 6 nitrogen and oxygen atoms in total. The lowest BCUT2D eigenvalue weighted by Crippen LogP contribution is -2.39. The fourth-order valence-electron chi connectivity index (χ4n) is 4.74. The number of alkyl halides is 3. The standard InChI is InChI=1S/C26H27F3N4O2S/c27-26(28,29)35-19-8-6-17(7-9-19)3-2-12-33-13-10-18(11-14-33)16-30-25(34)23-15-21-24-20(31-32-21)4-1-5-22(24)36-23/h1,4-9,15,18H,2-3,10-14,16H2,(H,30,34)(H,31,32). The van der Waals surface area contributed by atoms with Crippen LogP contribution in [0.3, 0.4) is 0 Å². The number of halogens is 3. The molecule has 2 N–H and O–H groups in total. The molecule has 1 fully saturated rings. The van der Waals surface area contributed by atoms with Crippen LogP contribution in [0, 0.1) is 5.92 Å². The SMILES string of the molecule is O=C(NCC1CCN(CCCc2ccc(OC(F)(F)F)cc2)CC1)C1=Cc2[nH]nc3cccc(c23)S1. The Labute approximate surface area is 211 Å². The Balaban J connectivity index is 1.01. The van der Waals surface area contributed by atoms with Gasteiger partial charge in [-0.15, -0.1) is 13.2 Å². The van der Waals surface area contributed by atoms with Gasteiger partial charge in [0.1, 0.15) is 5.75 Å². The molecule has 190 valence electrons. The quantitative estimate of drug-likeness (QED) is 0.421. The van der Waals surface area contributed by atoms with E-state index in [2.05, 4.69) is 25.2 Å². The van der Waals surface area contributed by atoms with E-state index in [-0.39, 0.29) is 11.7 Å². The maximum absolute atomic E-state index is 12.8. The number of rotatable bonds is 8. The van der Waals surface area contributed by atoms with Gasteiger partial charge in [-0.2, -0.15) is 5.10 Å². The average Bonchev–Trinajstić information content (AvgIpc) is 3.28. The molecule has 3 heterocycles. The number of aromatic nitrogens is 2. The van der Waals surface area contributed by atoms with Gasteiger partial charge in [-0.05, 0) is 87.1 Å². The zero-order chi connectivity index (χ0) is 25.1. The number of nitrogens with zero attached hydrogens (tertiary/aromatic N) is 2. The summed E-state index contributed by atoms with van der Waals surface area (Å²) < 4.78 is 40.7. The van der Waals surface area contributed by atoms with Crippen LogP contribution in [0.2, 0.25) is 0 Å². The molecule has 2 aromatic carbocycles. The minimum atomic E-state index is -4.66. The summed E-state index contributed by atoms with van der Waals surface area (Å²) in [6.45, 7) is 3.57. The van der Waals surface area contributed by atoms with E-state index in [1.54, 1.807) is 12.1 Å². The number of amides is 1. The maximum Gasteiger partial charge on any atom is 0.573 e. The third-order valence-corrected chi connectivity index (χ3v) is 7.73. The number of carbonyl (C=O) groups excluding carboxylic acids is 1. The topological polar surface area (TPSA) is 70.2 Å². The summed E-state index contributed by atoms with van der Waals surface area (Å²) in [5, 5.41) is 11.5. The Morgan fingerprint density at radius 1 is 1.17 bits per heavy atom. The first-order chi connectivity index (χ1) is 17.3. The van der Waals surface area contributed by atoms with Gasteiger partial charge in [0.2, 0.25) is 0 Å². The first-order valence-corrected chi connectivity index (χ1v) is 12.9. The number of ether oxygens (including phenoxy) is 1. The molecule has 0 atom stereocenters. The summed E-state index contributed by atoms with van der Waals surface area (Å²) in [5.74, 6) is 0.209. The number of carbonyl (C=O) groups is 1. The predicted molar refractivity (Wildman–Crippen MR) is 134 cm³/mol. The second-order valence-corrected chi connectivity index (χ2v) is 10.3. The zero-order valence-electron chi connectivity index (χ0n) is 19.6. The third kappa shape index (κ3) is 6.04. The van der Waals surface area contributed by atoms with Crippen molar-refractivity contribution in [2.24, 2.45) is 5.92 Å². The summed E-state index contributed by atoms with van der Waals surface area (Å²) >= 11 is 1.48. The number of hydrogen-bond donors (Lipinski definition) is 2. The van der Waals surface area contributed by atoms with E-state index < -0.39 is 6.36 Å². The maximum atomic E-state index is 12.8. The molecule has 3 aromatic rings. The fraction of sp³-hybridized carbons (Fsp3) is 0.385. The molecule has 2 aliphatic rings. The smallest absolute Gasteiger partial charge is 0.406 e. The Morgan fingerprint density at radius 3 is 2.69 bits per heavy atom. The summed E-state index contributed by atoms with van der Waals surface area (Å²) in [4.78, 5) is 16.9. The molecule has 5 rings (SSSR count). The van der Waals surface area contributed by atoms with Crippen LogP contribution in [-0.2, 0) is 11.2 Å². The van der Waals surface area contributed by atoms with Gasteiger partial charge in [-0.3, -0.25) is 9.89 Å². The van der Waals surface area contributed by atoms with Crippen molar-refractivity contribution < 1.29 is 22.7 Å². The van der Waals surface area contributed by atoms with Crippen molar-refractivity contribution in [1.29, 1.82) is 0 Å². The average molecular weight is 517 g/mol. The molecule has 36 heavy (non-hydrogen) atoms. The third-order valence-electron chi connectivity index (χ3n) is 6.64. The molecule has 1 amide bonds. The number of aromatic amines is 1. The second kappa shape index (κ2) is 10.6. The van der Waals surface area contributed by atoms with Crippen LogP contribution >= 0.6 is 11.8 Å². The molecule has 0 saturated carbocycles. The van der Waals surface area contributed by atoms with E-state index >= 15 is 0 Å². The van der Waals surface area contributed by atoms with Crippen molar-refractivity contribution in [3.8, 4) is 5.75 Å². The van der Waals surface area contributed by atoms with Crippen molar-refractivity contribution in [1.82, 2.24) is 20.4 Å². The van der Waals surface area contributed by atoms with Crippen LogP contribution in [-0.4, -0.2) is 53.5 Å². The Kier molecular flexibility index (Phi) is 7.25. The van der Waals surface area contributed by atoms with E-state index in [0.29, 0.717) is 17.4 Å². The van der Waals surface area contributed by atoms with Crippen LogP contribution in [0.15, 0.2) is 52.3 Å². The fourth-order valence-corrected chi connectivity index (χ4v) is 5.78. The summed E-state index contributed by atoms with van der Waals surface area (Å²) in [6.07, 6.45) is 1.01. The van der Waals surface area contributed by atoms with Gasteiger partial charge < -0.3 is 15.0 Å². The van der Waals surface area contributed by atoms with Gasteiger partial charge in [0, 0.05) is 16.8 Å². The normalized spacial score (nSPS) is 16.7. The highest BCUT2D eigenvalue weighted by Gasteiger charge is 2.31. The van der Waals surface area contributed by atoms with Crippen molar-refractivity contribution in [3.63, 3.8) is 0 Å². The number of H-pyrrole nitrogens is 1. The molecule has 2 aliphatic heterocycles. The van der Waals surface area contributed by atoms with Crippen LogP contribution in [0.4, 0.5) is 13.2 Å². The molecule has 0 aliphatic carbocycles. The van der Waals surface area contributed by atoms with Gasteiger partial charge in [-0.25, -0.2) is 0 Å². The van der Waals surface area contributed by atoms with Crippen molar-refractivity contribution in [3.05, 3.63) is 58.6 Å². The number of aryl methyl sites for hydroxylation is 1. The minimum Gasteiger partial charge on any atom is -0.406 e. The molecule has 1 saturated heterocycles. The van der Waals surface area contributed by atoms with Crippen molar-refractivity contribution in [2.45, 2.75) is 36.9 Å². The zero-order valence-corrected chi connectivity index (χ0v) is 20.4. The van der Waals surface area contributed by atoms with Crippen LogP contribution < -0.4 is 10.1 Å². The molecular weight excluding hydrogens is 489 g/mol. The van der Waals surface area contributed by atoms with Gasteiger partial charge >= 0.3 is 6.36 Å².